The number of aromatic nitrogens is 3. The Labute approximate surface area is 292 Å². The number of benzene rings is 7. The van der Waals surface area contributed by atoms with Gasteiger partial charge in [-0.15, -0.1) is 11.3 Å². The van der Waals surface area contributed by atoms with E-state index in [9.17, 15) is 0 Å². The Morgan fingerprint density at radius 3 is 1.54 bits per heavy atom. The van der Waals surface area contributed by atoms with Crippen molar-refractivity contribution >= 4 is 53.4 Å². The van der Waals surface area contributed by atoms with Gasteiger partial charge in [0.05, 0.1) is 0 Å². The second-order valence-corrected chi connectivity index (χ2v) is 13.4. The highest BCUT2D eigenvalue weighted by atomic mass is 32.1. The number of para-hydroxylation sites is 1. The largest absolute Gasteiger partial charge is 0.456 e. The lowest BCUT2D eigenvalue weighted by atomic mass is 9.94. The monoisotopic (exact) mass is 657 g/mol. The van der Waals surface area contributed by atoms with Gasteiger partial charge in [-0.25, -0.2) is 15.0 Å². The van der Waals surface area contributed by atoms with Gasteiger partial charge in [-0.3, -0.25) is 0 Å². The molecule has 0 unspecified atom stereocenters. The average molecular weight is 658 g/mol. The van der Waals surface area contributed by atoms with Gasteiger partial charge < -0.3 is 4.42 Å². The molecule has 0 aliphatic carbocycles. The van der Waals surface area contributed by atoms with E-state index >= 15 is 0 Å². The summed E-state index contributed by atoms with van der Waals surface area (Å²) < 4.78 is 8.86. The molecule has 0 N–H and O–H groups in total. The molecule has 234 valence electrons. The Hall–Kier alpha value is -6.43. The Morgan fingerprint density at radius 2 is 0.880 bits per heavy atom. The van der Waals surface area contributed by atoms with Crippen molar-refractivity contribution in [2.45, 2.75) is 0 Å². The van der Waals surface area contributed by atoms with E-state index in [1.54, 1.807) is 11.3 Å². The molecular weight excluding hydrogens is 631 g/mol. The number of furan rings is 1. The summed E-state index contributed by atoms with van der Waals surface area (Å²) in [6.07, 6.45) is 0. The minimum absolute atomic E-state index is 0.654. The quantitative estimate of drug-likeness (QED) is 0.185. The minimum atomic E-state index is 0.654. The van der Waals surface area contributed by atoms with Crippen LogP contribution >= 0.6 is 11.3 Å². The highest BCUT2D eigenvalue weighted by Crippen LogP contribution is 2.46. The first kappa shape index (κ1) is 28.6. The highest BCUT2D eigenvalue weighted by Gasteiger charge is 2.20. The van der Waals surface area contributed by atoms with Crippen molar-refractivity contribution < 1.29 is 4.42 Å². The predicted octanol–water partition coefficient (Wildman–Crippen LogP) is 12.5. The van der Waals surface area contributed by atoms with Gasteiger partial charge in [-0.05, 0) is 46.5 Å². The zero-order valence-electron chi connectivity index (χ0n) is 26.7. The van der Waals surface area contributed by atoms with Crippen molar-refractivity contribution in [3.63, 3.8) is 0 Å². The van der Waals surface area contributed by atoms with Gasteiger partial charge in [0.25, 0.3) is 0 Å². The van der Waals surface area contributed by atoms with Crippen LogP contribution in [0.4, 0.5) is 0 Å². The van der Waals surface area contributed by atoms with Crippen LogP contribution < -0.4 is 0 Å². The Balaban J connectivity index is 1.20. The van der Waals surface area contributed by atoms with Crippen molar-refractivity contribution in [3.05, 3.63) is 164 Å². The lowest BCUT2D eigenvalue weighted by Gasteiger charge is -2.09. The summed E-state index contributed by atoms with van der Waals surface area (Å²) in [4.78, 5) is 15.1. The summed E-state index contributed by atoms with van der Waals surface area (Å²) in [5.41, 5.74) is 9.28. The molecule has 0 saturated carbocycles. The van der Waals surface area contributed by atoms with E-state index < -0.39 is 0 Å². The highest BCUT2D eigenvalue weighted by molar-refractivity contribution is 7.26. The second kappa shape index (κ2) is 11.6. The maximum Gasteiger partial charge on any atom is 0.165 e. The molecule has 0 bridgehead atoms. The fourth-order valence-corrected chi connectivity index (χ4v) is 8.35. The first-order valence-corrected chi connectivity index (χ1v) is 17.4. The van der Waals surface area contributed by atoms with E-state index in [2.05, 4.69) is 91.0 Å². The standard InChI is InChI=1S/C45H27N3OS/c1-4-14-28(15-5-1)37-26-31(27-39-40(37)35-20-10-11-25-38(35)49-39)32-21-12-22-33-34-23-13-24-36(42(34)50-41(32)33)45-47-43(29-16-6-2-7-17-29)46-44(48-45)30-18-8-3-9-19-30/h1-27H. The van der Waals surface area contributed by atoms with E-state index in [1.807, 2.05) is 72.8 Å². The molecule has 0 saturated heterocycles. The topological polar surface area (TPSA) is 51.8 Å². The summed E-state index contributed by atoms with van der Waals surface area (Å²) in [6, 6.07) is 56.7. The smallest absolute Gasteiger partial charge is 0.165 e. The van der Waals surface area contributed by atoms with E-state index in [1.165, 1.54) is 21.0 Å². The molecule has 10 aromatic rings. The third-order valence-corrected chi connectivity index (χ3v) is 10.6. The van der Waals surface area contributed by atoms with Crippen LogP contribution in [0.25, 0.3) is 98.5 Å². The third kappa shape index (κ3) is 4.71. The zero-order valence-corrected chi connectivity index (χ0v) is 27.6. The third-order valence-electron chi connectivity index (χ3n) is 9.34. The molecule has 0 spiro atoms. The maximum atomic E-state index is 6.50. The number of hydrogen-bond acceptors (Lipinski definition) is 5. The van der Waals surface area contributed by atoms with Crippen molar-refractivity contribution in [2.24, 2.45) is 0 Å². The average Bonchev–Trinajstić information content (AvgIpc) is 3.77. The molecule has 50 heavy (non-hydrogen) atoms. The molecule has 0 fully saturated rings. The predicted molar refractivity (Wildman–Crippen MR) is 207 cm³/mol. The normalized spacial score (nSPS) is 11.6. The van der Waals surface area contributed by atoms with E-state index in [-0.39, 0.29) is 0 Å². The molecule has 3 heterocycles. The van der Waals surface area contributed by atoms with E-state index in [4.69, 9.17) is 19.4 Å². The molecule has 0 atom stereocenters. The number of hydrogen-bond donors (Lipinski definition) is 0. The molecule has 0 aliphatic heterocycles. The number of nitrogens with zero attached hydrogens (tertiary/aromatic N) is 3. The van der Waals surface area contributed by atoms with Gasteiger partial charge in [0.1, 0.15) is 11.2 Å². The molecular formula is C45H27N3OS. The molecule has 0 radical (unpaired) electrons. The molecule has 3 aromatic heterocycles. The van der Waals surface area contributed by atoms with Crippen LogP contribution in [0.15, 0.2) is 168 Å². The fraction of sp³-hybridized carbons (Fsp3) is 0. The van der Waals surface area contributed by atoms with Crippen LogP contribution in [-0.4, -0.2) is 15.0 Å². The Morgan fingerprint density at radius 1 is 0.360 bits per heavy atom. The van der Waals surface area contributed by atoms with Crippen molar-refractivity contribution in [2.75, 3.05) is 0 Å². The SMILES string of the molecule is c1ccc(-c2nc(-c3ccccc3)nc(-c3cccc4c3sc3c(-c5cc(-c6ccccc6)c6c(c5)oc5ccccc56)cccc34)n2)cc1. The van der Waals surface area contributed by atoms with E-state index in [0.717, 1.165) is 60.0 Å². The molecule has 4 nitrogen and oxygen atoms in total. The van der Waals surface area contributed by atoms with Gasteiger partial charge in [-0.1, -0.05) is 140 Å². The number of thiophene rings is 1. The maximum absolute atomic E-state index is 6.50. The van der Waals surface area contributed by atoms with Gasteiger partial charge in [-0.2, -0.15) is 0 Å². The number of fused-ring (bicyclic) bond motifs is 6. The van der Waals surface area contributed by atoms with Gasteiger partial charge in [0.2, 0.25) is 0 Å². The van der Waals surface area contributed by atoms with Crippen molar-refractivity contribution in [1.82, 2.24) is 15.0 Å². The lowest BCUT2D eigenvalue weighted by molar-refractivity contribution is 0.669. The van der Waals surface area contributed by atoms with Crippen LogP contribution in [0.5, 0.6) is 0 Å². The van der Waals surface area contributed by atoms with Crippen LogP contribution in [0, 0.1) is 0 Å². The van der Waals surface area contributed by atoms with Crippen molar-refractivity contribution in [3.8, 4) is 56.4 Å². The van der Waals surface area contributed by atoms with Gasteiger partial charge >= 0.3 is 0 Å². The minimum Gasteiger partial charge on any atom is -0.456 e. The van der Waals surface area contributed by atoms with Crippen LogP contribution in [0.2, 0.25) is 0 Å². The Kier molecular flexibility index (Phi) is 6.64. The first-order valence-electron chi connectivity index (χ1n) is 16.6. The first-order chi connectivity index (χ1) is 24.8. The fourth-order valence-electron chi connectivity index (χ4n) is 7.01. The van der Waals surface area contributed by atoms with Crippen LogP contribution in [0.1, 0.15) is 0 Å². The zero-order chi connectivity index (χ0) is 33.0. The summed E-state index contributed by atoms with van der Waals surface area (Å²) in [6.45, 7) is 0. The summed E-state index contributed by atoms with van der Waals surface area (Å²) in [5.74, 6) is 1.97. The van der Waals surface area contributed by atoms with E-state index in [0.29, 0.717) is 17.5 Å². The summed E-state index contributed by atoms with van der Waals surface area (Å²) in [5, 5.41) is 4.65. The van der Waals surface area contributed by atoms with Gasteiger partial charge in [0.15, 0.2) is 17.5 Å². The molecule has 5 heteroatoms. The van der Waals surface area contributed by atoms with Crippen molar-refractivity contribution in [1.29, 1.82) is 0 Å². The van der Waals surface area contributed by atoms with Gasteiger partial charge in [0, 0.05) is 47.6 Å². The summed E-state index contributed by atoms with van der Waals surface area (Å²) in [7, 11) is 0. The van der Waals surface area contributed by atoms with Crippen LogP contribution in [0.3, 0.4) is 0 Å². The molecule has 10 rings (SSSR count). The number of rotatable bonds is 5. The Bertz CT molecular complexity index is 2800. The van der Waals surface area contributed by atoms with Crippen LogP contribution in [-0.2, 0) is 0 Å². The molecule has 7 aromatic carbocycles. The molecule has 0 amide bonds. The second-order valence-electron chi connectivity index (χ2n) is 12.4. The molecule has 0 aliphatic rings. The summed E-state index contributed by atoms with van der Waals surface area (Å²) >= 11 is 1.79. The lowest BCUT2D eigenvalue weighted by Crippen LogP contribution is -2.00.